The van der Waals surface area contributed by atoms with Gasteiger partial charge in [-0.25, -0.2) is 0 Å². The molecule has 0 aliphatic heterocycles. The number of aromatic nitrogens is 2. The van der Waals surface area contributed by atoms with Crippen LogP contribution in [0.2, 0.25) is 0 Å². The van der Waals surface area contributed by atoms with Crippen LogP contribution < -0.4 is 0 Å². The zero-order chi connectivity index (χ0) is 9.42. The van der Waals surface area contributed by atoms with E-state index in [1.54, 1.807) is 24.3 Å². The molecule has 0 spiro atoms. The van der Waals surface area contributed by atoms with Gasteiger partial charge in [0.15, 0.2) is 27.2 Å². The Hall–Kier alpha value is -1.43. The molecule has 0 bridgehead atoms. The van der Waals surface area contributed by atoms with E-state index in [0.29, 0.717) is 11.0 Å². The van der Waals surface area contributed by atoms with Crippen molar-refractivity contribution in [1.29, 1.82) is 0 Å². The fraction of sp³-hybridized carbons (Fsp3) is 0. The van der Waals surface area contributed by atoms with Crippen molar-refractivity contribution in [3.8, 4) is 0 Å². The Kier molecular flexibility index (Phi) is 1.77. The van der Waals surface area contributed by atoms with Gasteiger partial charge >= 0.3 is 5.95 Å². The summed E-state index contributed by atoms with van der Waals surface area (Å²) in [7, 11) is 0. The van der Waals surface area contributed by atoms with E-state index >= 15 is 0 Å². The Morgan fingerprint density at radius 2 is 2.15 bits per heavy atom. The smallest absolute Gasteiger partial charge is 0.390 e. The minimum Gasteiger partial charge on any atom is -0.390 e. The SMILES string of the molecule is O=[N+]([O-])c1nc2ccccc2n1Br. The summed E-state index contributed by atoms with van der Waals surface area (Å²) in [6, 6.07) is 7.06. The average Bonchev–Trinajstić information content (AvgIpc) is 2.45. The number of hydrogen-bond acceptors (Lipinski definition) is 3. The number of para-hydroxylation sites is 2. The summed E-state index contributed by atoms with van der Waals surface area (Å²) in [5, 5.41) is 10.5. The van der Waals surface area contributed by atoms with Gasteiger partial charge in [-0.1, -0.05) is 17.1 Å². The number of rotatable bonds is 1. The van der Waals surface area contributed by atoms with Gasteiger partial charge in [-0.3, -0.25) is 0 Å². The molecule has 0 aliphatic carbocycles. The molecular weight excluding hydrogens is 238 g/mol. The monoisotopic (exact) mass is 241 g/mol. The highest BCUT2D eigenvalue weighted by Gasteiger charge is 2.18. The maximum absolute atomic E-state index is 10.5. The number of hydrogen-bond donors (Lipinski definition) is 0. The van der Waals surface area contributed by atoms with E-state index in [0.717, 1.165) is 0 Å². The summed E-state index contributed by atoms with van der Waals surface area (Å²) in [4.78, 5) is 13.8. The zero-order valence-electron chi connectivity index (χ0n) is 6.35. The van der Waals surface area contributed by atoms with E-state index in [1.807, 2.05) is 0 Å². The number of halogens is 1. The van der Waals surface area contributed by atoms with Gasteiger partial charge in [0.1, 0.15) is 0 Å². The largest absolute Gasteiger partial charge is 0.446 e. The number of nitro groups is 1. The maximum atomic E-state index is 10.5. The van der Waals surface area contributed by atoms with Crippen LogP contribution in [0, 0.1) is 10.1 Å². The molecule has 0 unspecified atom stereocenters. The topological polar surface area (TPSA) is 61.0 Å². The third-order valence-corrected chi connectivity index (χ3v) is 2.35. The van der Waals surface area contributed by atoms with E-state index in [-0.39, 0.29) is 5.95 Å². The van der Waals surface area contributed by atoms with Gasteiger partial charge in [0.05, 0.1) is 0 Å². The highest BCUT2D eigenvalue weighted by Crippen LogP contribution is 2.22. The number of imidazole rings is 1. The van der Waals surface area contributed by atoms with E-state index in [2.05, 4.69) is 21.1 Å². The second kappa shape index (κ2) is 2.81. The third-order valence-electron chi connectivity index (χ3n) is 1.65. The van der Waals surface area contributed by atoms with E-state index < -0.39 is 4.92 Å². The number of fused-ring (bicyclic) bond motifs is 1. The predicted molar refractivity (Wildman–Crippen MR) is 50.7 cm³/mol. The third kappa shape index (κ3) is 1.19. The van der Waals surface area contributed by atoms with E-state index in [4.69, 9.17) is 0 Å². The fourth-order valence-electron chi connectivity index (χ4n) is 1.10. The highest BCUT2D eigenvalue weighted by molar-refractivity contribution is 9.08. The molecule has 0 aliphatic rings. The standard InChI is InChI=1S/C7H4BrN3O2/c8-10-6-4-2-1-3-5(6)9-7(10)11(12)13/h1-4H. The molecule has 6 heteroatoms. The van der Waals surface area contributed by atoms with Gasteiger partial charge in [-0.05, 0) is 17.1 Å². The van der Waals surface area contributed by atoms with Gasteiger partial charge in [0.25, 0.3) is 0 Å². The molecule has 0 radical (unpaired) electrons. The van der Waals surface area contributed by atoms with Crippen molar-refractivity contribution in [2.45, 2.75) is 0 Å². The Morgan fingerprint density at radius 1 is 1.46 bits per heavy atom. The predicted octanol–water partition coefficient (Wildman–Crippen LogP) is 2.10. The van der Waals surface area contributed by atoms with Crippen molar-refractivity contribution >= 4 is 33.1 Å². The summed E-state index contributed by atoms with van der Waals surface area (Å²) in [5.41, 5.74) is 1.29. The van der Waals surface area contributed by atoms with Crippen molar-refractivity contribution < 1.29 is 4.92 Å². The Morgan fingerprint density at radius 3 is 2.77 bits per heavy atom. The molecule has 1 aromatic heterocycles. The molecule has 5 nitrogen and oxygen atoms in total. The minimum atomic E-state index is -0.533. The molecule has 2 rings (SSSR count). The van der Waals surface area contributed by atoms with Crippen LogP contribution in [0.3, 0.4) is 0 Å². The lowest BCUT2D eigenvalue weighted by atomic mass is 10.3. The Labute approximate surface area is 81.5 Å². The lowest BCUT2D eigenvalue weighted by Gasteiger charge is -1.90. The molecule has 0 N–H and O–H groups in total. The summed E-state index contributed by atoms with van der Waals surface area (Å²) in [6.45, 7) is 0. The Bertz CT molecular complexity index is 480. The van der Waals surface area contributed by atoms with Crippen LogP contribution in [0.25, 0.3) is 11.0 Å². The zero-order valence-corrected chi connectivity index (χ0v) is 7.93. The van der Waals surface area contributed by atoms with Crippen LogP contribution in [0.15, 0.2) is 24.3 Å². The maximum Gasteiger partial charge on any atom is 0.446 e. The first-order valence-corrected chi connectivity index (χ1v) is 4.19. The second-order valence-corrected chi connectivity index (χ2v) is 3.15. The van der Waals surface area contributed by atoms with Crippen LogP contribution in [-0.2, 0) is 0 Å². The van der Waals surface area contributed by atoms with Gasteiger partial charge in [-0.15, -0.1) is 0 Å². The molecule has 0 saturated carbocycles. The van der Waals surface area contributed by atoms with Crippen LogP contribution in [0.5, 0.6) is 0 Å². The van der Waals surface area contributed by atoms with Crippen molar-refractivity contribution in [1.82, 2.24) is 8.58 Å². The van der Waals surface area contributed by atoms with E-state index in [1.165, 1.54) is 3.59 Å². The van der Waals surface area contributed by atoms with Gasteiger partial charge in [0, 0.05) is 0 Å². The lowest BCUT2D eigenvalue weighted by molar-refractivity contribution is -0.394. The van der Waals surface area contributed by atoms with E-state index in [9.17, 15) is 10.1 Å². The molecule has 66 valence electrons. The molecular formula is C7H4BrN3O2. The number of benzene rings is 1. The van der Waals surface area contributed by atoms with Crippen molar-refractivity contribution in [2.75, 3.05) is 0 Å². The van der Waals surface area contributed by atoms with Crippen LogP contribution >= 0.6 is 16.1 Å². The normalized spacial score (nSPS) is 10.5. The first-order valence-electron chi connectivity index (χ1n) is 3.48. The molecule has 13 heavy (non-hydrogen) atoms. The van der Waals surface area contributed by atoms with Gasteiger partial charge in [0.2, 0.25) is 0 Å². The average molecular weight is 242 g/mol. The molecule has 1 heterocycles. The quantitative estimate of drug-likeness (QED) is 0.568. The molecule has 0 amide bonds. The molecule has 0 saturated heterocycles. The van der Waals surface area contributed by atoms with Gasteiger partial charge in [-0.2, -0.15) is 3.59 Å². The van der Waals surface area contributed by atoms with Crippen molar-refractivity contribution in [3.63, 3.8) is 0 Å². The van der Waals surface area contributed by atoms with Crippen molar-refractivity contribution in [3.05, 3.63) is 34.4 Å². The summed E-state index contributed by atoms with van der Waals surface area (Å²) >= 11 is 3.06. The Balaban J connectivity index is 2.81. The molecule has 1 aromatic carbocycles. The van der Waals surface area contributed by atoms with Crippen LogP contribution in [-0.4, -0.2) is 13.5 Å². The lowest BCUT2D eigenvalue weighted by Crippen LogP contribution is -1.93. The van der Waals surface area contributed by atoms with Crippen molar-refractivity contribution in [2.24, 2.45) is 0 Å². The summed E-state index contributed by atoms with van der Waals surface area (Å²) < 4.78 is 1.28. The second-order valence-electron chi connectivity index (χ2n) is 2.44. The first-order chi connectivity index (χ1) is 6.20. The molecule has 0 atom stereocenters. The fourth-order valence-corrected chi connectivity index (χ4v) is 1.61. The van der Waals surface area contributed by atoms with Crippen LogP contribution in [0.4, 0.5) is 5.95 Å². The summed E-state index contributed by atoms with van der Waals surface area (Å²) in [5.74, 6) is -0.207. The van der Waals surface area contributed by atoms with Gasteiger partial charge < -0.3 is 10.1 Å². The molecule has 2 aromatic rings. The summed E-state index contributed by atoms with van der Waals surface area (Å²) in [6.07, 6.45) is 0. The highest BCUT2D eigenvalue weighted by atomic mass is 79.9. The van der Waals surface area contributed by atoms with Crippen LogP contribution in [0.1, 0.15) is 0 Å². The number of nitrogens with zero attached hydrogens (tertiary/aromatic N) is 3. The molecule has 0 fully saturated rings. The minimum absolute atomic E-state index is 0.207. The first kappa shape index (κ1) is 8.18.